The van der Waals surface area contributed by atoms with Crippen molar-refractivity contribution in [2.75, 3.05) is 10.8 Å². The van der Waals surface area contributed by atoms with Crippen molar-refractivity contribution < 1.29 is 18.0 Å². The molecule has 0 aliphatic rings. The van der Waals surface area contributed by atoms with Gasteiger partial charge in [0.05, 0.1) is 10.6 Å². The highest BCUT2D eigenvalue weighted by molar-refractivity contribution is 7.92. The average Bonchev–Trinajstić information content (AvgIpc) is 2.88. The molecule has 0 unspecified atom stereocenters. The molecule has 39 heavy (non-hydrogen) atoms. The van der Waals surface area contributed by atoms with E-state index in [4.69, 9.17) is 11.6 Å². The highest BCUT2D eigenvalue weighted by Crippen LogP contribution is 2.30. The van der Waals surface area contributed by atoms with Crippen molar-refractivity contribution in [1.82, 2.24) is 10.2 Å². The van der Waals surface area contributed by atoms with Gasteiger partial charge in [0.1, 0.15) is 12.6 Å². The summed E-state index contributed by atoms with van der Waals surface area (Å²) in [6.07, 6.45) is 0.349. The molecule has 3 rings (SSSR count). The van der Waals surface area contributed by atoms with E-state index in [9.17, 15) is 18.0 Å². The van der Waals surface area contributed by atoms with E-state index in [-0.39, 0.29) is 17.3 Å². The van der Waals surface area contributed by atoms with E-state index in [0.29, 0.717) is 22.7 Å². The number of carbonyl (C=O) groups excluding carboxylic acids is 2. The molecule has 0 radical (unpaired) electrons. The maximum absolute atomic E-state index is 14.1. The molecule has 1 N–H and O–H groups in total. The Kier molecular flexibility index (Phi) is 9.80. The van der Waals surface area contributed by atoms with E-state index in [1.165, 1.54) is 23.1 Å². The van der Waals surface area contributed by atoms with Crippen LogP contribution in [0.1, 0.15) is 45.2 Å². The summed E-state index contributed by atoms with van der Waals surface area (Å²) in [5, 5.41) is 3.31. The molecule has 0 heterocycles. The number of nitrogens with zero attached hydrogens (tertiary/aromatic N) is 2. The van der Waals surface area contributed by atoms with Gasteiger partial charge in [-0.25, -0.2) is 8.42 Å². The molecule has 1 atom stereocenters. The lowest BCUT2D eigenvalue weighted by molar-refractivity contribution is -0.141. The van der Waals surface area contributed by atoms with Crippen LogP contribution in [-0.2, 0) is 26.2 Å². The first kappa shape index (κ1) is 30.2. The number of aryl methyl sites for hydroxylation is 1. The van der Waals surface area contributed by atoms with Gasteiger partial charge in [-0.05, 0) is 69.5 Å². The first-order chi connectivity index (χ1) is 18.3. The molecule has 2 amide bonds. The molecule has 0 saturated carbocycles. The van der Waals surface area contributed by atoms with Crippen LogP contribution in [0.2, 0.25) is 5.02 Å². The fourth-order valence-electron chi connectivity index (χ4n) is 4.24. The summed E-state index contributed by atoms with van der Waals surface area (Å²) in [5.41, 5.74) is 1.25. The van der Waals surface area contributed by atoms with E-state index in [1.54, 1.807) is 37.3 Å². The fourth-order valence-corrected chi connectivity index (χ4v) is 5.89. The number of rotatable bonds is 10. The van der Waals surface area contributed by atoms with Gasteiger partial charge in [0.25, 0.3) is 10.0 Å². The Morgan fingerprint density at radius 3 is 2.10 bits per heavy atom. The Labute approximate surface area is 236 Å². The maximum Gasteiger partial charge on any atom is 0.264 e. The number of hydrogen-bond donors (Lipinski definition) is 1. The quantitative estimate of drug-likeness (QED) is 0.346. The Morgan fingerprint density at radius 1 is 0.949 bits per heavy atom. The predicted molar refractivity (Wildman–Crippen MR) is 156 cm³/mol. The zero-order chi connectivity index (χ0) is 28.8. The number of amides is 2. The number of benzene rings is 3. The third-order valence-corrected chi connectivity index (χ3v) is 8.14. The molecule has 0 spiro atoms. The molecule has 3 aromatic carbocycles. The fraction of sp³-hybridized carbons (Fsp3) is 0.333. The molecular formula is C30H36ClN3O4S. The summed E-state index contributed by atoms with van der Waals surface area (Å²) in [6, 6.07) is 21.4. The van der Waals surface area contributed by atoms with Crippen molar-refractivity contribution in [3.05, 3.63) is 95.0 Å². The second kappa shape index (κ2) is 12.7. The lowest BCUT2D eigenvalue weighted by Gasteiger charge is -2.35. The summed E-state index contributed by atoms with van der Waals surface area (Å²) in [7, 11) is -4.15. The van der Waals surface area contributed by atoms with Crippen LogP contribution in [0.5, 0.6) is 0 Å². The Bertz CT molecular complexity index is 1390. The molecule has 0 aliphatic carbocycles. The maximum atomic E-state index is 14.1. The summed E-state index contributed by atoms with van der Waals surface area (Å²) in [5.74, 6) is -0.806. The smallest absolute Gasteiger partial charge is 0.264 e. The monoisotopic (exact) mass is 569 g/mol. The van der Waals surface area contributed by atoms with E-state index >= 15 is 0 Å². The summed E-state index contributed by atoms with van der Waals surface area (Å²) in [6.45, 7) is 8.84. The molecule has 0 aliphatic heterocycles. The van der Waals surface area contributed by atoms with Gasteiger partial charge < -0.3 is 10.2 Å². The van der Waals surface area contributed by atoms with Crippen LogP contribution in [0.3, 0.4) is 0 Å². The summed E-state index contributed by atoms with van der Waals surface area (Å²) >= 11 is 6.27. The molecule has 0 aromatic heterocycles. The molecule has 0 saturated heterocycles. The van der Waals surface area contributed by atoms with E-state index in [2.05, 4.69) is 5.32 Å². The standard InChI is InChI=1S/C30H36ClN3O4S/c1-6-26(29(36)32-30(3,4)5)33(20-23-13-9-7-10-14-23)28(35)21-34(27-19-24(31)18-17-22(27)2)39(37,38)25-15-11-8-12-16-25/h7-19,26H,6,20-21H2,1-5H3,(H,32,36)/t26-/m1/s1. The van der Waals surface area contributed by atoms with E-state index in [1.807, 2.05) is 58.0 Å². The highest BCUT2D eigenvalue weighted by Gasteiger charge is 2.35. The van der Waals surface area contributed by atoms with E-state index < -0.39 is 34.1 Å². The molecule has 7 nitrogen and oxygen atoms in total. The second-order valence-electron chi connectivity index (χ2n) is 10.4. The molecule has 208 valence electrons. The van der Waals surface area contributed by atoms with Crippen molar-refractivity contribution in [3.8, 4) is 0 Å². The lowest BCUT2D eigenvalue weighted by atomic mass is 10.1. The van der Waals surface area contributed by atoms with Crippen LogP contribution in [0.25, 0.3) is 0 Å². The topological polar surface area (TPSA) is 86.8 Å². The number of halogens is 1. The number of carbonyl (C=O) groups is 2. The first-order valence-electron chi connectivity index (χ1n) is 12.8. The van der Waals surface area contributed by atoms with E-state index in [0.717, 1.165) is 9.87 Å². The summed E-state index contributed by atoms with van der Waals surface area (Å²) < 4.78 is 28.9. The minimum atomic E-state index is -4.15. The minimum absolute atomic E-state index is 0.0457. The number of hydrogen-bond acceptors (Lipinski definition) is 4. The van der Waals surface area contributed by atoms with Gasteiger partial charge in [-0.1, -0.05) is 73.1 Å². The zero-order valence-corrected chi connectivity index (χ0v) is 24.6. The van der Waals surface area contributed by atoms with Crippen molar-refractivity contribution in [1.29, 1.82) is 0 Å². The van der Waals surface area contributed by atoms with Crippen LogP contribution in [0.4, 0.5) is 5.69 Å². The largest absolute Gasteiger partial charge is 0.350 e. The van der Waals surface area contributed by atoms with Crippen LogP contribution in [0, 0.1) is 6.92 Å². The van der Waals surface area contributed by atoms with Gasteiger partial charge >= 0.3 is 0 Å². The lowest BCUT2D eigenvalue weighted by Crippen LogP contribution is -2.55. The van der Waals surface area contributed by atoms with Gasteiger partial charge in [0.15, 0.2) is 0 Å². The van der Waals surface area contributed by atoms with Crippen molar-refractivity contribution >= 4 is 39.1 Å². The molecule has 0 fully saturated rings. The van der Waals surface area contributed by atoms with Gasteiger partial charge in [-0.3, -0.25) is 13.9 Å². The molecule has 9 heteroatoms. The van der Waals surface area contributed by atoms with Crippen molar-refractivity contribution in [3.63, 3.8) is 0 Å². The van der Waals surface area contributed by atoms with Crippen molar-refractivity contribution in [2.45, 2.75) is 64.1 Å². The first-order valence-corrected chi connectivity index (χ1v) is 14.6. The van der Waals surface area contributed by atoms with Gasteiger partial charge in [-0.15, -0.1) is 0 Å². The highest BCUT2D eigenvalue weighted by atomic mass is 35.5. The average molecular weight is 570 g/mol. The Morgan fingerprint density at radius 2 is 1.54 bits per heavy atom. The third-order valence-electron chi connectivity index (χ3n) is 6.13. The third kappa shape index (κ3) is 7.83. The van der Waals surface area contributed by atoms with Crippen LogP contribution >= 0.6 is 11.6 Å². The number of nitrogens with one attached hydrogen (secondary N) is 1. The molecule has 0 bridgehead atoms. The van der Waals surface area contributed by atoms with Crippen LogP contribution in [0.15, 0.2) is 83.8 Å². The normalized spacial score (nSPS) is 12.5. The number of anilines is 1. The van der Waals surface area contributed by atoms with Gasteiger partial charge in [0.2, 0.25) is 11.8 Å². The number of sulfonamides is 1. The Hall–Kier alpha value is -3.36. The van der Waals surface area contributed by atoms with Crippen LogP contribution in [-0.4, -0.2) is 43.3 Å². The van der Waals surface area contributed by atoms with Crippen molar-refractivity contribution in [2.24, 2.45) is 0 Å². The minimum Gasteiger partial charge on any atom is -0.350 e. The zero-order valence-electron chi connectivity index (χ0n) is 23.0. The SMILES string of the molecule is CC[C@H](C(=O)NC(C)(C)C)N(Cc1ccccc1)C(=O)CN(c1cc(Cl)ccc1C)S(=O)(=O)c1ccccc1. The summed E-state index contributed by atoms with van der Waals surface area (Å²) in [4.78, 5) is 28.9. The van der Waals surface area contributed by atoms with Gasteiger partial charge in [-0.2, -0.15) is 0 Å². The Balaban J connectivity index is 2.09. The second-order valence-corrected chi connectivity index (χ2v) is 12.7. The van der Waals surface area contributed by atoms with Gasteiger partial charge in [0, 0.05) is 17.1 Å². The van der Waals surface area contributed by atoms with Crippen LogP contribution < -0.4 is 9.62 Å². The molecule has 3 aromatic rings. The predicted octanol–water partition coefficient (Wildman–Crippen LogP) is 5.57. The molecular weight excluding hydrogens is 534 g/mol.